The van der Waals surface area contributed by atoms with E-state index in [2.05, 4.69) is 0 Å². The molecule has 0 saturated carbocycles. The lowest BCUT2D eigenvalue weighted by molar-refractivity contribution is 1.40. The Morgan fingerprint density at radius 1 is 1.30 bits per heavy atom. The van der Waals surface area contributed by atoms with Gasteiger partial charge in [0.15, 0.2) is 0 Å². The molecule has 0 spiro atoms. The molecule has 0 heterocycles. The fourth-order valence-corrected chi connectivity index (χ4v) is 0.868. The van der Waals surface area contributed by atoms with Crippen LogP contribution in [-0.2, 0) is 5.75 Å². The second-order valence-electron chi connectivity index (χ2n) is 1.95. The highest BCUT2D eigenvalue weighted by Gasteiger charge is 1.89. The molecule has 0 aliphatic rings. The molecule has 1 aromatic rings. The third kappa shape index (κ3) is 1.52. The van der Waals surface area contributed by atoms with Crippen LogP contribution in [0.4, 0.5) is 0 Å². The van der Waals surface area contributed by atoms with Crippen molar-refractivity contribution in [3.63, 3.8) is 0 Å². The zero-order valence-electron chi connectivity index (χ0n) is 5.37. The molecule has 0 saturated heterocycles. The standard InChI is InChI=1S/C8H6NS/c9-5-7-1-3-8(6-10)4-2-7/h1-4H,6H2. The first-order valence-electron chi connectivity index (χ1n) is 2.94. The van der Waals surface area contributed by atoms with Gasteiger partial charge in [-0.2, -0.15) is 5.26 Å². The average molecular weight is 148 g/mol. The number of rotatable bonds is 1. The average Bonchev–Trinajstić information content (AvgIpc) is 2.05. The van der Waals surface area contributed by atoms with Gasteiger partial charge in [-0.05, 0) is 17.7 Å². The molecular formula is C8H6NS. The van der Waals surface area contributed by atoms with E-state index >= 15 is 0 Å². The highest BCUT2D eigenvalue weighted by Crippen LogP contribution is 2.04. The fourth-order valence-electron chi connectivity index (χ4n) is 0.676. The SMILES string of the molecule is N#Cc1ccc(C[S])cc1. The Kier molecular flexibility index (Phi) is 2.35. The van der Waals surface area contributed by atoms with E-state index in [9.17, 15) is 0 Å². The van der Waals surface area contributed by atoms with Crippen molar-refractivity contribution in [1.29, 1.82) is 5.26 Å². The Balaban J connectivity index is 2.93. The Morgan fingerprint density at radius 3 is 2.30 bits per heavy atom. The molecule has 2 heteroatoms. The zero-order chi connectivity index (χ0) is 7.40. The summed E-state index contributed by atoms with van der Waals surface area (Å²) in [5, 5.41) is 8.43. The van der Waals surface area contributed by atoms with Crippen LogP contribution in [0.15, 0.2) is 24.3 Å². The lowest BCUT2D eigenvalue weighted by atomic mass is 10.2. The molecule has 10 heavy (non-hydrogen) atoms. The summed E-state index contributed by atoms with van der Waals surface area (Å²) >= 11 is 4.82. The maximum atomic E-state index is 8.43. The van der Waals surface area contributed by atoms with Crippen LogP contribution in [0.2, 0.25) is 0 Å². The van der Waals surface area contributed by atoms with Crippen molar-refractivity contribution in [2.75, 3.05) is 0 Å². The molecule has 49 valence electrons. The van der Waals surface area contributed by atoms with Gasteiger partial charge in [-0.1, -0.05) is 24.8 Å². The van der Waals surface area contributed by atoms with Gasteiger partial charge in [0.2, 0.25) is 0 Å². The molecule has 1 rings (SSSR count). The topological polar surface area (TPSA) is 23.8 Å². The lowest BCUT2D eigenvalue weighted by Crippen LogP contribution is -1.77. The predicted octanol–water partition coefficient (Wildman–Crippen LogP) is 2.26. The monoisotopic (exact) mass is 148 g/mol. The highest BCUT2D eigenvalue weighted by molar-refractivity contribution is 7.79. The summed E-state index contributed by atoms with van der Waals surface area (Å²) < 4.78 is 0. The van der Waals surface area contributed by atoms with Crippen LogP contribution in [0.25, 0.3) is 0 Å². The van der Waals surface area contributed by atoms with Crippen LogP contribution in [-0.4, -0.2) is 0 Å². The Hall–Kier alpha value is -0.940. The summed E-state index contributed by atoms with van der Waals surface area (Å²) in [6.45, 7) is 0. The molecule has 1 nitrogen and oxygen atoms in total. The van der Waals surface area contributed by atoms with Gasteiger partial charge in [0.05, 0.1) is 11.6 Å². The van der Waals surface area contributed by atoms with E-state index in [1.165, 1.54) is 0 Å². The van der Waals surface area contributed by atoms with E-state index in [1.807, 2.05) is 18.2 Å². The summed E-state index contributed by atoms with van der Waals surface area (Å²) in [6.07, 6.45) is 0. The van der Waals surface area contributed by atoms with E-state index in [4.69, 9.17) is 17.9 Å². The smallest absolute Gasteiger partial charge is 0.0991 e. The second kappa shape index (κ2) is 3.28. The number of hydrogen-bond acceptors (Lipinski definition) is 1. The molecule has 0 fully saturated rings. The third-order valence-corrected chi connectivity index (χ3v) is 1.58. The molecule has 1 radical (unpaired) electrons. The second-order valence-corrected chi connectivity index (χ2v) is 2.24. The van der Waals surface area contributed by atoms with E-state index < -0.39 is 0 Å². The maximum Gasteiger partial charge on any atom is 0.0991 e. The van der Waals surface area contributed by atoms with Crippen LogP contribution in [0, 0.1) is 11.3 Å². The Morgan fingerprint density at radius 2 is 1.90 bits per heavy atom. The van der Waals surface area contributed by atoms with Crippen LogP contribution >= 0.6 is 12.6 Å². The fraction of sp³-hybridized carbons (Fsp3) is 0.125. The minimum atomic E-state index is 0.617. The number of nitrogens with zero attached hydrogens (tertiary/aromatic N) is 1. The number of hydrogen-bond donors (Lipinski definition) is 0. The molecule has 0 atom stereocenters. The predicted molar refractivity (Wildman–Crippen MR) is 42.5 cm³/mol. The molecule has 0 aromatic heterocycles. The van der Waals surface area contributed by atoms with Crippen LogP contribution < -0.4 is 0 Å². The van der Waals surface area contributed by atoms with Crippen molar-refractivity contribution in [1.82, 2.24) is 0 Å². The quantitative estimate of drug-likeness (QED) is 0.599. The molecule has 0 aliphatic heterocycles. The van der Waals surface area contributed by atoms with Gasteiger partial charge in [0, 0.05) is 5.75 Å². The van der Waals surface area contributed by atoms with Crippen LogP contribution in [0.1, 0.15) is 11.1 Å². The molecule has 0 unspecified atom stereocenters. The summed E-state index contributed by atoms with van der Waals surface area (Å²) in [5.74, 6) is 0.617. The van der Waals surface area contributed by atoms with Crippen molar-refractivity contribution < 1.29 is 0 Å². The van der Waals surface area contributed by atoms with Crippen molar-refractivity contribution in [2.24, 2.45) is 0 Å². The van der Waals surface area contributed by atoms with E-state index in [0.29, 0.717) is 11.3 Å². The van der Waals surface area contributed by atoms with E-state index in [0.717, 1.165) is 5.56 Å². The van der Waals surface area contributed by atoms with Crippen molar-refractivity contribution >= 4 is 12.6 Å². The first-order valence-corrected chi connectivity index (χ1v) is 3.51. The minimum Gasteiger partial charge on any atom is -0.192 e. The first-order chi connectivity index (χ1) is 4.86. The van der Waals surface area contributed by atoms with Gasteiger partial charge in [0.1, 0.15) is 0 Å². The van der Waals surface area contributed by atoms with Crippen molar-refractivity contribution in [3.8, 4) is 6.07 Å². The van der Waals surface area contributed by atoms with Gasteiger partial charge >= 0.3 is 0 Å². The maximum absolute atomic E-state index is 8.43. The first kappa shape index (κ1) is 7.17. The summed E-state index contributed by atoms with van der Waals surface area (Å²) in [4.78, 5) is 0. The Labute approximate surface area is 65.7 Å². The minimum absolute atomic E-state index is 0.617. The van der Waals surface area contributed by atoms with E-state index in [1.54, 1.807) is 12.1 Å². The summed E-state index contributed by atoms with van der Waals surface area (Å²) in [5.41, 5.74) is 1.78. The van der Waals surface area contributed by atoms with Gasteiger partial charge in [0.25, 0.3) is 0 Å². The van der Waals surface area contributed by atoms with Gasteiger partial charge in [-0.15, -0.1) is 0 Å². The summed E-state index contributed by atoms with van der Waals surface area (Å²) in [7, 11) is 0. The normalized spacial score (nSPS) is 8.80. The number of nitriles is 1. The highest BCUT2D eigenvalue weighted by atomic mass is 32.1. The third-order valence-electron chi connectivity index (χ3n) is 1.25. The Bertz CT molecular complexity index is 245. The van der Waals surface area contributed by atoms with Gasteiger partial charge < -0.3 is 0 Å². The van der Waals surface area contributed by atoms with Gasteiger partial charge in [-0.25, -0.2) is 0 Å². The van der Waals surface area contributed by atoms with Crippen LogP contribution in [0.5, 0.6) is 0 Å². The summed E-state index contributed by atoms with van der Waals surface area (Å²) in [6, 6.07) is 9.36. The molecular weight excluding hydrogens is 142 g/mol. The van der Waals surface area contributed by atoms with Crippen LogP contribution in [0.3, 0.4) is 0 Å². The van der Waals surface area contributed by atoms with Gasteiger partial charge in [-0.3, -0.25) is 0 Å². The van der Waals surface area contributed by atoms with Crippen molar-refractivity contribution in [3.05, 3.63) is 35.4 Å². The van der Waals surface area contributed by atoms with E-state index in [-0.39, 0.29) is 0 Å². The molecule has 0 aliphatic carbocycles. The van der Waals surface area contributed by atoms with Crippen molar-refractivity contribution in [2.45, 2.75) is 5.75 Å². The zero-order valence-corrected chi connectivity index (χ0v) is 6.19. The largest absolute Gasteiger partial charge is 0.192 e. The molecule has 0 bridgehead atoms. The molecule has 1 aromatic carbocycles. The lowest BCUT2D eigenvalue weighted by Gasteiger charge is -1.92. The molecule has 0 amide bonds. The number of benzene rings is 1. The molecule has 0 N–H and O–H groups in total.